The molecule has 80 valence electrons. The van der Waals surface area contributed by atoms with Crippen LogP contribution in [-0.4, -0.2) is 27.1 Å². The zero-order chi connectivity index (χ0) is 11.6. The number of hydrogen-bond acceptors (Lipinski definition) is 3. The van der Waals surface area contributed by atoms with E-state index in [1.54, 1.807) is 0 Å². The Morgan fingerprint density at radius 2 is 1.93 bits per heavy atom. The summed E-state index contributed by atoms with van der Waals surface area (Å²) in [6, 6.07) is 1.30. The molecule has 0 saturated carbocycles. The average Bonchev–Trinajstić information content (AvgIpc) is 2.15. The van der Waals surface area contributed by atoms with Crippen molar-refractivity contribution in [2.75, 3.05) is 0 Å². The van der Waals surface area contributed by atoms with Gasteiger partial charge in [0.1, 0.15) is 0 Å². The summed E-state index contributed by atoms with van der Waals surface area (Å²) in [6.07, 6.45) is 0.570. The first-order valence-electron chi connectivity index (χ1n) is 4.44. The van der Waals surface area contributed by atoms with Crippen molar-refractivity contribution < 1.29 is 19.8 Å². The fourth-order valence-electron chi connectivity index (χ4n) is 1.36. The van der Waals surface area contributed by atoms with Crippen LogP contribution in [-0.2, 0) is 6.42 Å². The highest BCUT2D eigenvalue weighted by Gasteiger charge is 2.20. The first-order chi connectivity index (χ1) is 6.97. The topological polar surface area (TPSA) is 87.5 Å². The summed E-state index contributed by atoms with van der Waals surface area (Å²) in [4.78, 5) is 25.7. The van der Waals surface area contributed by atoms with E-state index in [-0.39, 0.29) is 16.8 Å². The van der Waals surface area contributed by atoms with Crippen molar-refractivity contribution in [2.45, 2.75) is 20.3 Å². The van der Waals surface area contributed by atoms with Gasteiger partial charge in [0.05, 0.1) is 16.8 Å². The third kappa shape index (κ3) is 2.12. The second kappa shape index (κ2) is 4.08. The highest BCUT2D eigenvalue weighted by Crippen LogP contribution is 2.15. The van der Waals surface area contributed by atoms with Crippen molar-refractivity contribution in [2.24, 2.45) is 0 Å². The van der Waals surface area contributed by atoms with Crippen LogP contribution in [0.5, 0.6) is 0 Å². The Balaban J connectivity index is 3.49. The summed E-state index contributed by atoms with van der Waals surface area (Å²) in [6.45, 7) is 3.32. The lowest BCUT2D eigenvalue weighted by molar-refractivity contribution is 0.0650. The van der Waals surface area contributed by atoms with Crippen molar-refractivity contribution in [3.8, 4) is 0 Å². The number of hydrogen-bond donors (Lipinski definition) is 2. The number of aromatic nitrogens is 1. The molecule has 0 radical (unpaired) electrons. The molecule has 0 bridgehead atoms. The summed E-state index contributed by atoms with van der Waals surface area (Å²) in [7, 11) is 0. The van der Waals surface area contributed by atoms with Gasteiger partial charge in [-0.1, -0.05) is 6.92 Å². The molecule has 2 N–H and O–H groups in total. The van der Waals surface area contributed by atoms with Crippen LogP contribution in [0.1, 0.15) is 39.0 Å². The Morgan fingerprint density at radius 1 is 1.33 bits per heavy atom. The molecule has 0 aromatic carbocycles. The van der Waals surface area contributed by atoms with E-state index in [4.69, 9.17) is 10.2 Å². The molecule has 15 heavy (non-hydrogen) atoms. The number of pyridine rings is 1. The maximum atomic E-state index is 10.9. The Bertz CT molecular complexity index is 426. The molecular formula is C10H11NO4. The second-order valence-corrected chi connectivity index (χ2v) is 3.09. The number of rotatable bonds is 3. The number of carboxylic acid groups (broad SMARTS) is 2. The van der Waals surface area contributed by atoms with E-state index in [1.807, 2.05) is 6.92 Å². The molecule has 0 spiro atoms. The van der Waals surface area contributed by atoms with Gasteiger partial charge in [-0.15, -0.1) is 0 Å². The lowest BCUT2D eigenvalue weighted by Crippen LogP contribution is -2.12. The highest BCUT2D eigenvalue weighted by molar-refractivity contribution is 6.02. The van der Waals surface area contributed by atoms with E-state index in [9.17, 15) is 9.59 Å². The van der Waals surface area contributed by atoms with E-state index in [0.29, 0.717) is 12.1 Å². The van der Waals surface area contributed by atoms with E-state index < -0.39 is 11.9 Å². The number of aromatic carboxylic acids is 2. The van der Waals surface area contributed by atoms with Gasteiger partial charge < -0.3 is 10.2 Å². The molecule has 5 heteroatoms. The lowest BCUT2D eigenvalue weighted by atomic mass is 10.0. The largest absolute Gasteiger partial charge is 0.478 e. The smallest absolute Gasteiger partial charge is 0.338 e. The van der Waals surface area contributed by atoms with Gasteiger partial charge in [0.15, 0.2) is 0 Å². The summed E-state index contributed by atoms with van der Waals surface area (Å²) in [5.74, 6) is -2.51. The van der Waals surface area contributed by atoms with Crippen molar-refractivity contribution in [3.05, 3.63) is 28.6 Å². The fourth-order valence-corrected chi connectivity index (χ4v) is 1.36. The Labute approximate surface area is 86.4 Å². The number of nitrogens with zero attached hydrogens (tertiary/aromatic N) is 1. The summed E-state index contributed by atoms with van der Waals surface area (Å²) in [5, 5.41) is 17.7. The van der Waals surface area contributed by atoms with Gasteiger partial charge >= 0.3 is 11.9 Å². The lowest BCUT2D eigenvalue weighted by Gasteiger charge is -2.07. The zero-order valence-electron chi connectivity index (χ0n) is 8.44. The van der Waals surface area contributed by atoms with Gasteiger partial charge in [-0.05, 0) is 19.4 Å². The van der Waals surface area contributed by atoms with Crippen LogP contribution in [0.2, 0.25) is 0 Å². The average molecular weight is 209 g/mol. The van der Waals surface area contributed by atoms with Crippen LogP contribution in [0.15, 0.2) is 6.07 Å². The second-order valence-electron chi connectivity index (χ2n) is 3.09. The molecule has 0 fully saturated rings. The first kappa shape index (κ1) is 11.2. The maximum Gasteiger partial charge on any atom is 0.338 e. The normalized spacial score (nSPS) is 10.0. The van der Waals surface area contributed by atoms with Gasteiger partial charge in [0.25, 0.3) is 0 Å². The van der Waals surface area contributed by atoms with Crippen LogP contribution < -0.4 is 0 Å². The molecule has 0 unspecified atom stereocenters. The number of carboxylic acids is 2. The molecule has 0 amide bonds. The van der Waals surface area contributed by atoms with Gasteiger partial charge in [-0.2, -0.15) is 0 Å². The van der Waals surface area contributed by atoms with Crippen LogP contribution in [0, 0.1) is 6.92 Å². The van der Waals surface area contributed by atoms with E-state index in [0.717, 1.165) is 0 Å². The maximum absolute atomic E-state index is 10.9. The van der Waals surface area contributed by atoms with Crippen molar-refractivity contribution in [3.63, 3.8) is 0 Å². The summed E-state index contributed by atoms with van der Waals surface area (Å²) >= 11 is 0. The molecule has 0 aliphatic carbocycles. The third-order valence-electron chi connectivity index (χ3n) is 2.06. The standard InChI is InChI=1S/C10H11NO4/c1-3-6-4-7(9(12)13)8(10(14)15)5(2)11-6/h4H,3H2,1-2H3,(H,12,13)(H,14,15). The SMILES string of the molecule is CCc1cc(C(=O)O)c(C(=O)O)c(C)n1. The van der Waals surface area contributed by atoms with Crippen LogP contribution in [0.3, 0.4) is 0 Å². The van der Waals surface area contributed by atoms with Crippen LogP contribution in [0.4, 0.5) is 0 Å². The van der Waals surface area contributed by atoms with Crippen LogP contribution in [0.25, 0.3) is 0 Å². The predicted octanol–water partition coefficient (Wildman–Crippen LogP) is 1.35. The third-order valence-corrected chi connectivity index (χ3v) is 2.06. The molecule has 5 nitrogen and oxygen atoms in total. The number of aryl methyl sites for hydroxylation is 2. The minimum atomic E-state index is -1.26. The molecule has 1 aromatic rings. The van der Waals surface area contributed by atoms with Crippen molar-refractivity contribution in [1.82, 2.24) is 4.98 Å². The quantitative estimate of drug-likeness (QED) is 0.784. The molecule has 1 rings (SSSR count). The fraction of sp³-hybridized carbons (Fsp3) is 0.300. The van der Waals surface area contributed by atoms with Crippen molar-refractivity contribution >= 4 is 11.9 Å². The molecule has 0 saturated heterocycles. The predicted molar refractivity (Wildman–Crippen MR) is 52.3 cm³/mol. The Morgan fingerprint density at radius 3 is 2.33 bits per heavy atom. The first-order valence-corrected chi connectivity index (χ1v) is 4.44. The van der Waals surface area contributed by atoms with Gasteiger partial charge in [0, 0.05) is 5.69 Å². The van der Waals surface area contributed by atoms with Gasteiger partial charge in [-0.3, -0.25) is 4.98 Å². The number of carbonyl (C=O) groups is 2. The molecule has 1 heterocycles. The highest BCUT2D eigenvalue weighted by atomic mass is 16.4. The monoisotopic (exact) mass is 209 g/mol. The van der Waals surface area contributed by atoms with Gasteiger partial charge in [-0.25, -0.2) is 9.59 Å². The minimum Gasteiger partial charge on any atom is -0.478 e. The molecule has 0 atom stereocenters. The molecule has 0 aliphatic heterocycles. The summed E-state index contributed by atoms with van der Waals surface area (Å²) in [5.41, 5.74) is 0.376. The molecular weight excluding hydrogens is 198 g/mol. The molecule has 0 aliphatic rings. The minimum absolute atomic E-state index is 0.202. The summed E-state index contributed by atoms with van der Waals surface area (Å²) < 4.78 is 0. The van der Waals surface area contributed by atoms with Gasteiger partial charge in [0.2, 0.25) is 0 Å². The zero-order valence-corrected chi connectivity index (χ0v) is 8.44. The van der Waals surface area contributed by atoms with E-state index in [1.165, 1.54) is 13.0 Å². The Kier molecular flexibility index (Phi) is 3.04. The Hall–Kier alpha value is -1.91. The van der Waals surface area contributed by atoms with Crippen LogP contribution >= 0.6 is 0 Å². The van der Waals surface area contributed by atoms with Crippen molar-refractivity contribution in [1.29, 1.82) is 0 Å². The molecule has 1 aromatic heterocycles. The van der Waals surface area contributed by atoms with E-state index in [2.05, 4.69) is 4.98 Å². The van der Waals surface area contributed by atoms with E-state index >= 15 is 0 Å².